The lowest BCUT2D eigenvalue weighted by Crippen LogP contribution is -2.54. The van der Waals surface area contributed by atoms with Gasteiger partial charge in [0, 0.05) is 30.6 Å². The van der Waals surface area contributed by atoms with E-state index in [2.05, 4.69) is 26.3 Å². The third-order valence-corrected chi connectivity index (χ3v) is 4.86. The number of benzene rings is 1. The summed E-state index contributed by atoms with van der Waals surface area (Å²) in [6.45, 7) is 3.24. The van der Waals surface area contributed by atoms with Crippen molar-refractivity contribution in [3.05, 3.63) is 48.4 Å². The topological polar surface area (TPSA) is 67.4 Å². The summed E-state index contributed by atoms with van der Waals surface area (Å²) in [5.41, 5.74) is 1.07. The standard InChI is InChI=1S/C19H22N4O2/c1-13(24)22-15-7-14(8-15)18-9-19(21-12-20-18)23-10-17(11-23)25-16-5-3-2-4-6-16/h2-6,9,12,14-15,17H,7-8,10-11H2,1H3,(H,22,24). The first kappa shape index (κ1) is 15.9. The van der Waals surface area contributed by atoms with Gasteiger partial charge in [0.2, 0.25) is 5.91 Å². The molecule has 2 heterocycles. The molecule has 1 aromatic carbocycles. The van der Waals surface area contributed by atoms with Gasteiger partial charge in [-0.05, 0) is 25.0 Å². The molecule has 1 amide bonds. The molecule has 2 aliphatic rings. The highest BCUT2D eigenvalue weighted by Gasteiger charge is 2.34. The van der Waals surface area contributed by atoms with E-state index in [0.717, 1.165) is 43.2 Å². The van der Waals surface area contributed by atoms with E-state index in [9.17, 15) is 4.79 Å². The van der Waals surface area contributed by atoms with Crippen LogP contribution in [0.5, 0.6) is 5.75 Å². The van der Waals surface area contributed by atoms with Crippen molar-refractivity contribution in [3.8, 4) is 5.75 Å². The number of rotatable bonds is 5. The number of aromatic nitrogens is 2. The summed E-state index contributed by atoms with van der Waals surface area (Å²) in [6, 6.07) is 12.3. The fourth-order valence-corrected chi connectivity index (χ4v) is 3.41. The number of carbonyl (C=O) groups is 1. The fraction of sp³-hybridized carbons (Fsp3) is 0.421. The molecular weight excluding hydrogens is 316 g/mol. The highest BCUT2D eigenvalue weighted by Crippen LogP contribution is 2.37. The van der Waals surface area contributed by atoms with Crippen molar-refractivity contribution in [2.24, 2.45) is 0 Å². The monoisotopic (exact) mass is 338 g/mol. The van der Waals surface area contributed by atoms with Crippen molar-refractivity contribution in [3.63, 3.8) is 0 Å². The smallest absolute Gasteiger partial charge is 0.217 e. The molecule has 4 rings (SSSR count). The Kier molecular flexibility index (Phi) is 4.26. The van der Waals surface area contributed by atoms with Gasteiger partial charge in [-0.2, -0.15) is 0 Å². The molecule has 6 nitrogen and oxygen atoms in total. The van der Waals surface area contributed by atoms with Crippen LogP contribution in [0.3, 0.4) is 0 Å². The van der Waals surface area contributed by atoms with Crippen molar-refractivity contribution >= 4 is 11.7 Å². The van der Waals surface area contributed by atoms with E-state index in [1.165, 1.54) is 0 Å². The summed E-state index contributed by atoms with van der Waals surface area (Å²) in [5, 5.41) is 2.96. The summed E-state index contributed by atoms with van der Waals surface area (Å²) >= 11 is 0. The van der Waals surface area contributed by atoms with E-state index in [-0.39, 0.29) is 18.1 Å². The Bertz CT molecular complexity index is 740. The molecule has 6 heteroatoms. The first-order valence-corrected chi connectivity index (χ1v) is 8.73. The van der Waals surface area contributed by atoms with Crippen molar-refractivity contribution in [1.29, 1.82) is 0 Å². The zero-order valence-electron chi connectivity index (χ0n) is 14.3. The summed E-state index contributed by atoms with van der Waals surface area (Å²) in [4.78, 5) is 22.1. The molecule has 1 N–H and O–H groups in total. The van der Waals surface area contributed by atoms with E-state index in [0.29, 0.717) is 5.92 Å². The second-order valence-electron chi connectivity index (χ2n) is 6.82. The number of nitrogens with zero attached hydrogens (tertiary/aromatic N) is 3. The number of hydrogen-bond donors (Lipinski definition) is 1. The average Bonchev–Trinajstić information content (AvgIpc) is 2.54. The van der Waals surface area contributed by atoms with Crippen molar-refractivity contribution < 1.29 is 9.53 Å². The number of hydrogen-bond acceptors (Lipinski definition) is 5. The van der Waals surface area contributed by atoms with Crippen LogP contribution in [0.4, 0.5) is 5.82 Å². The molecule has 0 bridgehead atoms. The molecule has 130 valence electrons. The van der Waals surface area contributed by atoms with Crippen LogP contribution < -0.4 is 15.0 Å². The van der Waals surface area contributed by atoms with Gasteiger partial charge in [-0.1, -0.05) is 18.2 Å². The summed E-state index contributed by atoms with van der Waals surface area (Å²) in [7, 11) is 0. The van der Waals surface area contributed by atoms with Crippen LogP contribution in [-0.2, 0) is 4.79 Å². The third-order valence-electron chi connectivity index (χ3n) is 4.86. The number of carbonyl (C=O) groups excluding carboxylic acids is 1. The minimum Gasteiger partial charge on any atom is -0.487 e. The molecule has 0 spiro atoms. The number of amides is 1. The van der Waals surface area contributed by atoms with Gasteiger partial charge in [0.15, 0.2) is 0 Å². The Balaban J connectivity index is 1.30. The quantitative estimate of drug-likeness (QED) is 0.904. The van der Waals surface area contributed by atoms with Gasteiger partial charge in [0.05, 0.1) is 13.1 Å². The third kappa shape index (κ3) is 3.57. The average molecular weight is 338 g/mol. The molecule has 2 fully saturated rings. The largest absolute Gasteiger partial charge is 0.487 e. The number of anilines is 1. The lowest BCUT2D eigenvalue weighted by atomic mass is 9.78. The Hall–Kier alpha value is -2.63. The molecular formula is C19H22N4O2. The molecule has 0 unspecified atom stereocenters. The van der Waals surface area contributed by atoms with Crippen LogP contribution in [0.15, 0.2) is 42.7 Å². The van der Waals surface area contributed by atoms with Crippen LogP contribution in [-0.4, -0.2) is 41.1 Å². The molecule has 1 saturated heterocycles. The lowest BCUT2D eigenvalue weighted by molar-refractivity contribution is -0.120. The molecule has 0 atom stereocenters. The molecule has 1 aromatic heterocycles. The van der Waals surface area contributed by atoms with Gasteiger partial charge in [-0.25, -0.2) is 9.97 Å². The van der Waals surface area contributed by atoms with Gasteiger partial charge < -0.3 is 15.0 Å². The molecule has 0 radical (unpaired) electrons. The number of para-hydroxylation sites is 1. The van der Waals surface area contributed by atoms with E-state index in [1.807, 2.05) is 30.3 Å². The van der Waals surface area contributed by atoms with Crippen LogP contribution in [0.25, 0.3) is 0 Å². The van der Waals surface area contributed by atoms with Gasteiger partial charge >= 0.3 is 0 Å². The van der Waals surface area contributed by atoms with Gasteiger partial charge in [-0.3, -0.25) is 4.79 Å². The van der Waals surface area contributed by atoms with Crippen LogP contribution >= 0.6 is 0 Å². The Morgan fingerprint density at radius 1 is 1.20 bits per heavy atom. The molecule has 1 saturated carbocycles. The Morgan fingerprint density at radius 2 is 1.96 bits per heavy atom. The van der Waals surface area contributed by atoms with Crippen molar-refractivity contribution in [2.75, 3.05) is 18.0 Å². The van der Waals surface area contributed by atoms with Gasteiger partial charge in [0.25, 0.3) is 0 Å². The maximum absolute atomic E-state index is 11.1. The zero-order valence-corrected chi connectivity index (χ0v) is 14.3. The Labute approximate surface area is 147 Å². The fourth-order valence-electron chi connectivity index (χ4n) is 3.41. The second kappa shape index (κ2) is 6.70. The van der Waals surface area contributed by atoms with Crippen LogP contribution in [0.2, 0.25) is 0 Å². The minimum atomic E-state index is 0.0388. The van der Waals surface area contributed by atoms with E-state index >= 15 is 0 Å². The predicted octanol–water partition coefficient (Wildman–Crippen LogP) is 2.13. The van der Waals surface area contributed by atoms with Crippen LogP contribution in [0, 0.1) is 0 Å². The minimum absolute atomic E-state index is 0.0388. The summed E-state index contributed by atoms with van der Waals surface area (Å²) in [5.74, 6) is 2.32. The number of nitrogens with one attached hydrogen (secondary N) is 1. The van der Waals surface area contributed by atoms with E-state index < -0.39 is 0 Å². The molecule has 25 heavy (non-hydrogen) atoms. The number of ether oxygens (including phenoxy) is 1. The molecule has 1 aliphatic heterocycles. The maximum Gasteiger partial charge on any atom is 0.217 e. The maximum atomic E-state index is 11.1. The van der Waals surface area contributed by atoms with E-state index in [1.54, 1.807) is 13.3 Å². The van der Waals surface area contributed by atoms with Crippen molar-refractivity contribution in [2.45, 2.75) is 37.8 Å². The molecule has 2 aromatic rings. The molecule has 1 aliphatic carbocycles. The second-order valence-corrected chi connectivity index (χ2v) is 6.82. The lowest BCUT2D eigenvalue weighted by Gasteiger charge is -2.40. The summed E-state index contributed by atoms with van der Waals surface area (Å²) in [6.07, 6.45) is 3.75. The zero-order chi connectivity index (χ0) is 17.2. The van der Waals surface area contributed by atoms with Crippen molar-refractivity contribution in [1.82, 2.24) is 15.3 Å². The summed E-state index contributed by atoms with van der Waals surface area (Å²) < 4.78 is 5.94. The predicted molar refractivity (Wildman–Crippen MR) is 94.7 cm³/mol. The SMILES string of the molecule is CC(=O)NC1CC(c2cc(N3CC(Oc4ccccc4)C3)ncn2)C1. The Morgan fingerprint density at radius 3 is 2.68 bits per heavy atom. The highest BCUT2D eigenvalue weighted by atomic mass is 16.5. The van der Waals surface area contributed by atoms with Crippen LogP contribution in [0.1, 0.15) is 31.4 Å². The van der Waals surface area contributed by atoms with E-state index in [4.69, 9.17) is 4.74 Å². The first-order valence-electron chi connectivity index (χ1n) is 8.73. The first-order chi connectivity index (χ1) is 12.2. The normalized spacial score (nSPS) is 22.7. The highest BCUT2D eigenvalue weighted by molar-refractivity contribution is 5.73. The van der Waals surface area contributed by atoms with Gasteiger partial charge in [0.1, 0.15) is 24.0 Å². The van der Waals surface area contributed by atoms with Gasteiger partial charge in [-0.15, -0.1) is 0 Å².